The second-order valence-electron chi connectivity index (χ2n) is 5.86. The first-order chi connectivity index (χ1) is 10.2. The molecule has 1 aliphatic carbocycles. The molecular formula is C15H22N3O2S+. The van der Waals surface area contributed by atoms with Gasteiger partial charge in [-0.3, -0.25) is 10.1 Å². The molecule has 2 aliphatic rings. The Morgan fingerprint density at radius 2 is 2.24 bits per heavy atom. The Labute approximate surface area is 128 Å². The summed E-state index contributed by atoms with van der Waals surface area (Å²) >= 11 is 1.83. The minimum absolute atomic E-state index is 0.180. The van der Waals surface area contributed by atoms with Gasteiger partial charge >= 0.3 is 6.03 Å². The minimum atomic E-state index is -0.391. The highest BCUT2D eigenvalue weighted by molar-refractivity contribution is 7.10. The van der Waals surface area contributed by atoms with E-state index in [-0.39, 0.29) is 5.91 Å². The molecule has 0 bridgehead atoms. The van der Waals surface area contributed by atoms with Gasteiger partial charge in [0.2, 0.25) is 0 Å². The molecule has 0 radical (unpaired) electrons. The maximum Gasteiger partial charge on any atom is 0.321 e. The number of fused-ring (bicyclic) bond motifs is 1. The fourth-order valence-corrected chi connectivity index (χ4v) is 4.21. The Balaban J connectivity index is 1.65. The molecule has 5 nitrogen and oxygen atoms in total. The van der Waals surface area contributed by atoms with Crippen molar-refractivity contribution >= 4 is 23.3 Å². The van der Waals surface area contributed by atoms with Gasteiger partial charge in [-0.1, -0.05) is 0 Å². The van der Waals surface area contributed by atoms with Crippen LogP contribution in [0, 0.1) is 5.92 Å². The molecule has 0 aromatic carbocycles. The number of carbonyl (C=O) groups is 2. The SMILES string of the molecule is CCNC(=O)NC(=O)C[NH+]1CCc2sccc2[C@@H]1C1CC1. The lowest BCUT2D eigenvalue weighted by Crippen LogP contribution is -3.14. The van der Waals surface area contributed by atoms with Crippen LogP contribution in [-0.4, -0.2) is 31.6 Å². The lowest BCUT2D eigenvalue weighted by Gasteiger charge is -2.32. The third-order valence-electron chi connectivity index (χ3n) is 4.30. The summed E-state index contributed by atoms with van der Waals surface area (Å²) in [5.41, 5.74) is 1.44. The van der Waals surface area contributed by atoms with E-state index in [2.05, 4.69) is 22.1 Å². The molecule has 3 amide bonds. The predicted octanol–water partition coefficient (Wildman–Crippen LogP) is 0.486. The van der Waals surface area contributed by atoms with Gasteiger partial charge in [-0.05, 0) is 31.2 Å². The van der Waals surface area contributed by atoms with E-state index < -0.39 is 6.03 Å². The first-order valence-electron chi connectivity index (χ1n) is 7.67. The van der Waals surface area contributed by atoms with Crippen molar-refractivity contribution in [1.82, 2.24) is 10.6 Å². The van der Waals surface area contributed by atoms with Gasteiger partial charge in [0.1, 0.15) is 6.04 Å². The van der Waals surface area contributed by atoms with Gasteiger partial charge < -0.3 is 10.2 Å². The van der Waals surface area contributed by atoms with Crippen LogP contribution in [0.3, 0.4) is 0 Å². The second kappa shape index (κ2) is 6.15. The molecule has 3 rings (SSSR count). The van der Waals surface area contributed by atoms with Crippen molar-refractivity contribution in [3.8, 4) is 0 Å². The Hall–Kier alpha value is -1.40. The molecule has 114 valence electrons. The van der Waals surface area contributed by atoms with Gasteiger partial charge in [-0.25, -0.2) is 4.79 Å². The lowest BCUT2D eigenvalue weighted by atomic mass is 9.96. The molecule has 1 unspecified atom stereocenters. The largest absolute Gasteiger partial charge is 0.338 e. The van der Waals surface area contributed by atoms with Crippen molar-refractivity contribution in [3.05, 3.63) is 21.9 Å². The number of quaternary nitrogens is 1. The summed E-state index contributed by atoms with van der Waals surface area (Å²) in [7, 11) is 0. The van der Waals surface area contributed by atoms with Gasteiger partial charge in [0.15, 0.2) is 6.54 Å². The number of hydrogen-bond acceptors (Lipinski definition) is 3. The molecule has 1 aromatic rings. The second-order valence-corrected chi connectivity index (χ2v) is 6.86. The lowest BCUT2D eigenvalue weighted by molar-refractivity contribution is -0.928. The van der Waals surface area contributed by atoms with Crippen LogP contribution in [0.5, 0.6) is 0 Å². The van der Waals surface area contributed by atoms with Crippen molar-refractivity contribution in [3.63, 3.8) is 0 Å². The van der Waals surface area contributed by atoms with Crippen molar-refractivity contribution in [2.24, 2.45) is 5.92 Å². The van der Waals surface area contributed by atoms with E-state index in [1.165, 1.54) is 28.2 Å². The molecule has 1 aliphatic heterocycles. The molecule has 21 heavy (non-hydrogen) atoms. The Morgan fingerprint density at radius 3 is 2.95 bits per heavy atom. The van der Waals surface area contributed by atoms with Gasteiger partial charge in [-0.2, -0.15) is 0 Å². The fraction of sp³-hybridized carbons (Fsp3) is 0.600. The Bertz CT molecular complexity index is 539. The van der Waals surface area contributed by atoms with Gasteiger partial charge in [0, 0.05) is 29.3 Å². The summed E-state index contributed by atoms with van der Waals surface area (Å²) in [5.74, 6) is 0.534. The molecule has 1 aromatic heterocycles. The van der Waals surface area contributed by atoms with Crippen LogP contribution >= 0.6 is 11.3 Å². The van der Waals surface area contributed by atoms with Gasteiger partial charge in [-0.15, -0.1) is 11.3 Å². The number of rotatable bonds is 4. The van der Waals surface area contributed by atoms with Crippen molar-refractivity contribution in [2.75, 3.05) is 19.6 Å². The summed E-state index contributed by atoms with van der Waals surface area (Å²) in [6.07, 6.45) is 3.57. The quantitative estimate of drug-likeness (QED) is 0.758. The summed E-state index contributed by atoms with van der Waals surface area (Å²) in [6, 6.07) is 2.28. The maximum atomic E-state index is 12.0. The van der Waals surface area contributed by atoms with Crippen LogP contribution in [0.2, 0.25) is 0 Å². The average Bonchev–Trinajstić information content (AvgIpc) is 3.15. The first kappa shape index (κ1) is 14.5. The van der Waals surface area contributed by atoms with Gasteiger partial charge in [0.05, 0.1) is 6.54 Å². The molecule has 3 N–H and O–H groups in total. The monoisotopic (exact) mass is 308 g/mol. The number of nitrogens with one attached hydrogen (secondary N) is 3. The number of urea groups is 1. The van der Waals surface area contributed by atoms with Crippen molar-refractivity contribution in [1.29, 1.82) is 0 Å². The molecule has 0 saturated heterocycles. The van der Waals surface area contributed by atoms with Crippen LogP contribution in [-0.2, 0) is 11.2 Å². The standard InChI is InChI=1S/C15H21N3O2S/c1-2-16-15(20)17-13(19)9-18-7-5-12-11(6-8-21-12)14(18)10-3-4-10/h6,8,10,14H,2-5,7,9H2,1H3,(H2,16,17,19,20)/p+1/t14-/m0/s1. The van der Waals surface area contributed by atoms with E-state index >= 15 is 0 Å². The molecule has 1 fully saturated rings. The highest BCUT2D eigenvalue weighted by Crippen LogP contribution is 2.42. The third kappa shape index (κ3) is 3.27. The molecular weight excluding hydrogens is 286 g/mol. The van der Waals surface area contributed by atoms with E-state index in [9.17, 15) is 9.59 Å². The Morgan fingerprint density at radius 1 is 1.43 bits per heavy atom. The van der Waals surface area contributed by atoms with E-state index in [0.29, 0.717) is 25.0 Å². The zero-order valence-electron chi connectivity index (χ0n) is 12.3. The first-order valence-corrected chi connectivity index (χ1v) is 8.55. The third-order valence-corrected chi connectivity index (χ3v) is 5.30. The fourth-order valence-electron chi connectivity index (χ4n) is 3.28. The van der Waals surface area contributed by atoms with Crippen LogP contribution in [0.25, 0.3) is 0 Å². The predicted molar refractivity (Wildman–Crippen MR) is 81.4 cm³/mol. The minimum Gasteiger partial charge on any atom is -0.338 e. The number of imide groups is 1. The van der Waals surface area contributed by atoms with E-state index in [4.69, 9.17) is 0 Å². The smallest absolute Gasteiger partial charge is 0.321 e. The number of thiophene rings is 1. The summed E-state index contributed by atoms with van der Waals surface area (Å²) < 4.78 is 0. The number of hydrogen-bond donors (Lipinski definition) is 3. The molecule has 1 saturated carbocycles. The van der Waals surface area contributed by atoms with Crippen LogP contribution in [0.1, 0.15) is 36.2 Å². The van der Waals surface area contributed by atoms with Crippen molar-refractivity contribution < 1.29 is 14.5 Å². The van der Waals surface area contributed by atoms with Crippen LogP contribution in [0.15, 0.2) is 11.4 Å². The highest BCUT2D eigenvalue weighted by atomic mass is 32.1. The molecule has 6 heteroatoms. The highest BCUT2D eigenvalue weighted by Gasteiger charge is 2.43. The average molecular weight is 308 g/mol. The number of amides is 3. The molecule has 0 spiro atoms. The maximum absolute atomic E-state index is 12.0. The topological polar surface area (TPSA) is 62.6 Å². The van der Waals surface area contributed by atoms with E-state index in [0.717, 1.165) is 13.0 Å². The van der Waals surface area contributed by atoms with E-state index in [1.54, 1.807) is 0 Å². The van der Waals surface area contributed by atoms with Crippen molar-refractivity contribution in [2.45, 2.75) is 32.2 Å². The van der Waals surface area contributed by atoms with Crippen LogP contribution in [0.4, 0.5) is 4.79 Å². The normalized spacial score (nSPS) is 24.2. The summed E-state index contributed by atoms with van der Waals surface area (Å²) in [6.45, 7) is 3.73. The van der Waals surface area contributed by atoms with Crippen LogP contribution < -0.4 is 15.5 Å². The summed E-state index contributed by atoms with van der Waals surface area (Å²) in [5, 5.41) is 7.18. The Kier molecular flexibility index (Phi) is 4.26. The molecule has 2 heterocycles. The van der Waals surface area contributed by atoms with Gasteiger partial charge in [0.25, 0.3) is 5.91 Å². The molecule has 2 atom stereocenters. The zero-order chi connectivity index (χ0) is 14.8. The zero-order valence-corrected chi connectivity index (χ0v) is 13.1. The number of carbonyl (C=O) groups excluding carboxylic acids is 2. The summed E-state index contributed by atoms with van der Waals surface area (Å²) in [4.78, 5) is 26.3. The van der Waals surface area contributed by atoms with E-state index in [1.807, 2.05) is 18.3 Å².